The van der Waals surface area contributed by atoms with E-state index in [1.54, 1.807) is 13.8 Å². The van der Waals surface area contributed by atoms with Crippen molar-refractivity contribution in [2.75, 3.05) is 23.9 Å². The van der Waals surface area contributed by atoms with Crippen LogP contribution < -0.4 is 9.47 Å². The van der Waals surface area contributed by atoms with Crippen molar-refractivity contribution in [2.24, 2.45) is 0 Å². The Balaban J connectivity index is 0.000000340. The molecule has 2 atom stereocenters. The molecular formula is C26H34Br2O6. The maximum absolute atomic E-state index is 11.7. The minimum atomic E-state index is -0.500. The smallest absolute Gasteiger partial charge is 0.173 e. The Labute approximate surface area is 218 Å². The first-order chi connectivity index (χ1) is 15.9. The number of benzene rings is 2. The number of Topliss-reactive ketones (excluding diaryl/α,β-unsaturated/α-hetero) is 2. The van der Waals surface area contributed by atoms with Gasteiger partial charge in [-0.3, -0.25) is 9.59 Å². The maximum Gasteiger partial charge on any atom is 0.173 e. The van der Waals surface area contributed by atoms with Crippen LogP contribution in [0.5, 0.6) is 11.5 Å². The molecule has 0 heterocycles. The summed E-state index contributed by atoms with van der Waals surface area (Å²) in [6.07, 6.45) is -1.00. The van der Waals surface area contributed by atoms with Crippen LogP contribution in [0.4, 0.5) is 0 Å². The van der Waals surface area contributed by atoms with E-state index >= 15 is 0 Å². The van der Waals surface area contributed by atoms with Gasteiger partial charge in [-0.05, 0) is 88.1 Å². The number of carbonyl (C=O) groups is 2. The standard InChI is InChI=1S/2C13H17BrO3/c2*1-8-4-11(17-7-10(3)15)5-9(2)13(8)12(16)6-14/h2*4-5,10,15H,6-7H2,1-3H3. The number of aryl methyl sites for hydroxylation is 4. The number of ketones is 2. The predicted molar refractivity (Wildman–Crippen MR) is 142 cm³/mol. The van der Waals surface area contributed by atoms with Gasteiger partial charge in [-0.15, -0.1) is 0 Å². The summed E-state index contributed by atoms with van der Waals surface area (Å²) in [5.41, 5.74) is 5.08. The highest BCUT2D eigenvalue weighted by molar-refractivity contribution is 9.09. The molecule has 0 radical (unpaired) electrons. The Hall–Kier alpha value is -1.74. The van der Waals surface area contributed by atoms with Gasteiger partial charge < -0.3 is 19.7 Å². The normalized spacial score (nSPS) is 12.3. The minimum absolute atomic E-state index is 0.0714. The first-order valence-electron chi connectivity index (χ1n) is 10.9. The van der Waals surface area contributed by atoms with Crippen molar-refractivity contribution in [3.63, 3.8) is 0 Å². The quantitative estimate of drug-likeness (QED) is 0.284. The summed E-state index contributed by atoms with van der Waals surface area (Å²) < 4.78 is 10.8. The summed E-state index contributed by atoms with van der Waals surface area (Å²) in [5, 5.41) is 18.9. The fourth-order valence-electron chi connectivity index (χ4n) is 3.46. The Kier molecular flexibility index (Phi) is 13.0. The number of rotatable bonds is 10. The van der Waals surface area contributed by atoms with Crippen molar-refractivity contribution in [3.8, 4) is 11.5 Å². The van der Waals surface area contributed by atoms with Crippen LogP contribution in [0.3, 0.4) is 0 Å². The number of aliphatic hydroxyl groups is 2. The first-order valence-corrected chi connectivity index (χ1v) is 13.2. The Morgan fingerprint density at radius 2 is 0.971 bits per heavy atom. The van der Waals surface area contributed by atoms with Crippen molar-refractivity contribution in [3.05, 3.63) is 57.6 Å². The molecule has 0 spiro atoms. The molecule has 2 N–H and O–H groups in total. The number of hydrogen-bond donors (Lipinski definition) is 2. The fourth-order valence-corrected chi connectivity index (χ4v) is 4.02. The van der Waals surface area contributed by atoms with Crippen molar-refractivity contribution in [1.29, 1.82) is 0 Å². The van der Waals surface area contributed by atoms with E-state index in [4.69, 9.17) is 19.7 Å². The Morgan fingerprint density at radius 1 is 0.706 bits per heavy atom. The van der Waals surface area contributed by atoms with Gasteiger partial charge in [-0.2, -0.15) is 0 Å². The molecule has 0 aliphatic heterocycles. The summed E-state index contributed by atoms with van der Waals surface area (Å²) in [6, 6.07) is 7.30. The van der Waals surface area contributed by atoms with E-state index in [-0.39, 0.29) is 24.8 Å². The summed E-state index contributed by atoms with van der Waals surface area (Å²) in [5.74, 6) is 1.52. The summed E-state index contributed by atoms with van der Waals surface area (Å²) in [6.45, 7) is 11.4. The molecule has 0 aliphatic carbocycles. The number of aliphatic hydroxyl groups excluding tert-OH is 2. The molecular weight excluding hydrogens is 568 g/mol. The van der Waals surface area contributed by atoms with Gasteiger partial charge in [0.15, 0.2) is 11.6 Å². The second kappa shape index (κ2) is 14.6. The number of alkyl halides is 2. The van der Waals surface area contributed by atoms with Gasteiger partial charge in [0.25, 0.3) is 0 Å². The van der Waals surface area contributed by atoms with Crippen molar-refractivity contribution in [1.82, 2.24) is 0 Å². The van der Waals surface area contributed by atoms with Gasteiger partial charge in [-0.1, -0.05) is 31.9 Å². The molecule has 0 aliphatic rings. The first kappa shape index (κ1) is 30.3. The van der Waals surface area contributed by atoms with Gasteiger partial charge in [0.05, 0.1) is 22.9 Å². The number of ether oxygens (including phenoxy) is 2. The zero-order valence-electron chi connectivity index (χ0n) is 20.6. The third-order valence-corrected chi connectivity index (χ3v) is 5.81. The lowest BCUT2D eigenvalue weighted by Crippen LogP contribution is -2.13. The highest BCUT2D eigenvalue weighted by atomic mass is 79.9. The molecule has 0 amide bonds. The number of carbonyl (C=O) groups excluding carboxylic acids is 2. The highest BCUT2D eigenvalue weighted by Crippen LogP contribution is 2.24. The van der Waals surface area contributed by atoms with Gasteiger partial charge >= 0.3 is 0 Å². The van der Waals surface area contributed by atoms with E-state index in [1.165, 1.54) is 0 Å². The van der Waals surface area contributed by atoms with Crippen LogP contribution in [-0.2, 0) is 0 Å². The second-order valence-corrected chi connectivity index (χ2v) is 9.42. The average Bonchev–Trinajstić information content (AvgIpc) is 2.75. The highest BCUT2D eigenvalue weighted by Gasteiger charge is 2.14. The van der Waals surface area contributed by atoms with E-state index in [9.17, 15) is 9.59 Å². The molecule has 188 valence electrons. The molecule has 2 unspecified atom stereocenters. The zero-order valence-corrected chi connectivity index (χ0v) is 23.7. The SMILES string of the molecule is Cc1cc(OCC(C)O)cc(C)c1C(=O)CBr.Cc1cc(OCC(C)O)cc(C)c1C(=O)CBr. The number of hydrogen-bond acceptors (Lipinski definition) is 6. The van der Waals surface area contributed by atoms with E-state index in [0.29, 0.717) is 22.2 Å². The molecule has 2 aromatic carbocycles. The molecule has 8 heteroatoms. The van der Waals surface area contributed by atoms with Crippen LogP contribution in [-0.4, -0.2) is 57.9 Å². The fraction of sp³-hybridized carbons (Fsp3) is 0.462. The van der Waals surface area contributed by atoms with E-state index < -0.39 is 12.2 Å². The largest absolute Gasteiger partial charge is 0.491 e. The molecule has 0 saturated carbocycles. The van der Waals surface area contributed by atoms with Crippen LogP contribution in [0, 0.1) is 27.7 Å². The second-order valence-electron chi connectivity index (χ2n) is 8.30. The average molecular weight is 602 g/mol. The van der Waals surface area contributed by atoms with Crippen LogP contribution in [0.15, 0.2) is 24.3 Å². The van der Waals surface area contributed by atoms with Crippen LogP contribution in [0.2, 0.25) is 0 Å². The minimum Gasteiger partial charge on any atom is -0.491 e. The Bertz CT molecular complexity index is 860. The lowest BCUT2D eigenvalue weighted by Gasteiger charge is -2.13. The molecule has 2 rings (SSSR count). The predicted octanol–water partition coefficient (Wildman–Crippen LogP) is 5.28. The molecule has 0 fully saturated rings. The third-order valence-electron chi connectivity index (χ3n) is 4.80. The monoisotopic (exact) mass is 600 g/mol. The summed E-state index contributed by atoms with van der Waals surface area (Å²) in [7, 11) is 0. The molecule has 0 bridgehead atoms. The number of halogens is 2. The van der Waals surface area contributed by atoms with E-state index in [0.717, 1.165) is 33.4 Å². The van der Waals surface area contributed by atoms with Crippen molar-refractivity contribution >= 4 is 43.4 Å². The lowest BCUT2D eigenvalue weighted by molar-refractivity contribution is 0.101. The Morgan fingerprint density at radius 3 is 1.18 bits per heavy atom. The molecule has 6 nitrogen and oxygen atoms in total. The zero-order chi connectivity index (χ0) is 26.0. The van der Waals surface area contributed by atoms with E-state index in [1.807, 2.05) is 52.0 Å². The molecule has 2 aromatic rings. The maximum atomic E-state index is 11.7. The van der Waals surface area contributed by atoms with E-state index in [2.05, 4.69) is 31.9 Å². The summed E-state index contributed by atoms with van der Waals surface area (Å²) >= 11 is 6.35. The lowest BCUT2D eigenvalue weighted by atomic mass is 9.99. The van der Waals surface area contributed by atoms with Gasteiger partial charge in [0.2, 0.25) is 0 Å². The topological polar surface area (TPSA) is 93.1 Å². The third kappa shape index (κ3) is 9.49. The van der Waals surface area contributed by atoms with Gasteiger partial charge in [-0.25, -0.2) is 0 Å². The van der Waals surface area contributed by atoms with Crippen LogP contribution in [0.25, 0.3) is 0 Å². The molecule has 0 aromatic heterocycles. The van der Waals surface area contributed by atoms with Crippen molar-refractivity contribution < 1.29 is 29.3 Å². The van der Waals surface area contributed by atoms with Gasteiger partial charge in [0, 0.05) is 11.1 Å². The van der Waals surface area contributed by atoms with Crippen LogP contribution in [0.1, 0.15) is 56.8 Å². The van der Waals surface area contributed by atoms with Crippen molar-refractivity contribution in [2.45, 2.75) is 53.8 Å². The molecule has 0 saturated heterocycles. The molecule has 34 heavy (non-hydrogen) atoms. The van der Waals surface area contributed by atoms with Gasteiger partial charge in [0.1, 0.15) is 24.7 Å². The summed E-state index contributed by atoms with van der Waals surface area (Å²) in [4.78, 5) is 23.4. The van der Waals surface area contributed by atoms with Crippen LogP contribution >= 0.6 is 31.9 Å².